The molecule has 142 valence electrons. The highest BCUT2D eigenvalue weighted by Gasteiger charge is 2.44. The molecule has 1 atom stereocenters. The second-order valence-electron chi connectivity index (χ2n) is 6.57. The van der Waals surface area contributed by atoms with Crippen molar-refractivity contribution in [2.24, 2.45) is 0 Å². The molecule has 2 aromatic heterocycles. The molecule has 7 heteroatoms. The molecule has 4 rings (SSSR count). The molecule has 1 amide bonds. The number of hydrogen-bond donors (Lipinski definition) is 1. The predicted octanol–water partition coefficient (Wildman–Crippen LogP) is 4.58. The summed E-state index contributed by atoms with van der Waals surface area (Å²) in [6, 6.07) is 9.84. The minimum atomic E-state index is -0.678. The number of aliphatic hydroxyl groups is 1. The largest absolute Gasteiger partial charge is 0.503 e. The maximum Gasteiger partial charge on any atom is 0.290 e. The number of furan rings is 1. The Labute approximate surface area is 169 Å². The third-order valence-electron chi connectivity index (χ3n) is 4.74. The van der Waals surface area contributed by atoms with Crippen LogP contribution in [-0.4, -0.2) is 33.2 Å². The Kier molecular flexibility index (Phi) is 4.77. The molecule has 1 unspecified atom stereocenters. The van der Waals surface area contributed by atoms with Crippen LogP contribution in [0.15, 0.2) is 69.0 Å². The summed E-state index contributed by atoms with van der Waals surface area (Å²) >= 11 is 3.39. The van der Waals surface area contributed by atoms with Crippen LogP contribution in [0.4, 0.5) is 0 Å². The predicted molar refractivity (Wildman–Crippen MR) is 107 cm³/mol. The highest BCUT2D eigenvalue weighted by molar-refractivity contribution is 9.10. The summed E-state index contributed by atoms with van der Waals surface area (Å²) in [6.45, 7) is 2.35. The molecule has 6 nitrogen and oxygen atoms in total. The number of nitrogens with zero attached hydrogens (tertiary/aromatic N) is 2. The van der Waals surface area contributed by atoms with E-state index in [0.29, 0.717) is 24.1 Å². The van der Waals surface area contributed by atoms with Crippen LogP contribution in [-0.2, 0) is 4.79 Å². The van der Waals surface area contributed by atoms with Gasteiger partial charge in [-0.15, -0.1) is 0 Å². The van der Waals surface area contributed by atoms with Gasteiger partial charge in [0, 0.05) is 28.8 Å². The Hall–Kier alpha value is -2.93. The molecule has 0 saturated carbocycles. The molecule has 3 aromatic rings. The second-order valence-corrected chi connectivity index (χ2v) is 7.48. The normalized spacial score (nSPS) is 17.0. The van der Waals surface area contributed by atoms with Crippen molar-refractivity contribution >= 4 is 38.6 Å². The van der Waals surface area contributed by atoms with E-state index in [9.17, 15) is 14.7 Å². The summed E-state index contributed by atoms with van der Waals surface area (Å²) < 4.78 is 6.57. The van der Waals surface area contributed by atoms with Crippen LogP contribution < -0.4 is 0 Å². The number of aliphatic hydroxyl groups excluding tert-OH is 1. The molecule has 0 bridgehead atoms. The van der Waals surface area contributed by atoms with Gasteiger partial charge in [0.25, 0.3) is 5.91 Å². The van der Waals surface area contributed by atoms with Crippen LogP contribution in [0.5, 0.6) is 0 Å². The first kappa shape index (κ1) is 18.4. The fourth-order valence-electron chi connectivity index (χ4n) is 3.51. The van der Waals surface area contributed by atoms with Crippen molar-refractivity contribution < 1.29 is 19.1 Å². The van der Waals surface area contributed by atoms with Gasteiger partial charge in [0.1, 0.15) is 5.58 Å². The van der Waals surface area contributed by atoms with Gasteiger partial charge in [0.2, 0.25) is 5.78 Å². The van der Waals surface area contributed by atoms with E-state index in [1.807, 2.05) is 19.1 Å². The number of Topliss-reactive ketones (excluding diaryl/α,β-unsaturated/α-hetero) is 1. The third kappa shape index (κ3) is 3.01. The van der Waals surface area contributed by atoms with Crippen molar-refractivity contribution in [3.8, 4) is 0 Å². The molecule has 0 aliphatic carbocycles. The lowest BCUT2D eigenvalue weighted by Gasteiger charge is -2.26. The Morgan fingerprint density at radius 3 is 2.71 bits per heavy atom. The van der Waals surface area contributed by atoms with E-state index in [2.05, 4.69) is 20.9 Å². The first-order chi connectivity index (χ1) is 13.5. The second kappa shape index (κ2) is 7.24. The van der Waals surface area contributed by atoms with Gasteiger partial charge in [-0.3, -0.25) is 14.6 Å². The lowest BCUT2D eigenvalue weighted by atomic mass is 9.95. The van der Waals surface area contributed by atoms with Crippen molar-refractivity contribution in [2.45, 2.75) is 19.4 Å². The zero-order valence-corrected chi connectivity index (χ0v) is 16.6. The molecule has 1 aliphatic heterocycles. The van der Waals surface area contributed by atoms with Crippen LogP contribution >= 0.6 is 15.9 Å². The Bertz CT molecular complexity index is 1100. The van der Waals surface area contributed by atoms with Crippen molar-refractivity contribution in [1.29, 1.82) is 0 Å². The Balaban J connectivity index is 1.81. The molecule has 28 heavy (non-hydrogen) atoms. The van der Waals surface area contributed by atoms with E-state index in [0.717, 1.165) is 9.86 Å². The van der Waals surface area contributed by atoms with Crippen LogP contribution in [0.3, 0.4) is 0 Å². The summed E-state index contributed by atoms with van der Waals surface area (Å²) in [5.41, 5.74) is 1.30. The zero-order valence-electron chi connectivity index (χ0n) is 15.1. The van der Waals surface area contributed by atoms with Gasteiger partial charge in [-0.2, -0.15) is 0 Å². The van der Waals surface area contributed by atoms with Gasteiger partial charge in [0.15, 0.2) is 11.5 Å². The maximum atomic E-state index is 13.3. The molecule has 0 spiro atoms. The number of halogens is 1. The van der Waals surface area contributed by atoms with Crippen LogP contribution in [0.1, 0.15) is 35.5 Å². The summed E-state index contributed by atoms with van der Waals surface area (Å²) in [6.07, 6.45) is 3.89. The quantitative estimate of drug-likeness (QED) is 0.587. The minimum absolute atomic E-state index is 0.0303. The van der Waals surface area contributed by atoms with Gasteiger partial charge in [0.05, 0.1) is 11.6 Å². The molecule has 0 radical (unpaired) electrons. The van der Waals surface area contributed by atoms with E-state index in [4.69, 9.17) is 4.42 Å². The van der Waals surface area contributed by atoms with Gasteiger partial charge in [-0.25, -0.2) is 0 Å². The number of carbonyl (C=O) groups is 2. The van der Waals surface area contributed by atoms with Crippen molar-refractivity contribution in [3.05, 3.63) is 75.9 Å². The molecule has 1 aromatic carbocycles. The van der Waals surface area contributed by atoms with Crippen molar-refractivity contribution in [2.75, 3.05) is 6.54 Å². The van der Waals surface area contributed by atoms with E-state index >= 15 is 0 Å². The molecule has 0 fully saturated rings. The topological polar surface area (TPSA) is 83.6 Å². The average molecular weight is 441 g/mol. The first-order valence-electron chi connectivity index (χ1n) is 8.89. The highest BCUT2D eigenvalue weighted by Crippen LogP contribution is 2.39. The highest BCUT2D eigenvalue weighted by atomic mass is 79.9. The standard InChI is InChI=1S/C21H17BrN2O4/c1-2-9-24-18(12-5-7-23-8-6-12)17(20(26)21(24)27)19(25)16-11-13-10-14(22)3-4-15(13)28-16/h3-8,10-11,18,26H,2,9H2,1H3. The number of amides is 1. The van der Waals surface area contributed by atoms with Gasteiger partial charge >= 0.3 is 0 Å². The third-order valence-corrected chi connectivity index (χ3v) is 5.23. The summed E-state index contributed by atoms with van der Waals surface area (Å²) in [5.74, 6) is -1.49. The van der Waals surface area contributed by atoms with E-state index in [1.165, 1.54) is 4.90 Å². The van der Waals surface area contributed by atoms with E-state index in [1.54, 1.807) is 36.7 Å². The number of benzene rings is 1. The molecular formula is C21H17BrN2O4. The number of aromatic nitrogens is 1. The van der Waals surface area contributed by atoms with Crippen LogP contribution in [0, 0.1) is 0 Å². The van der Waals surface area contributed by atoms with Crippen molar-refractivity contribution in [1.82, 2.24) is 9.88 Å². The van der Waals surface area contributed by atoms with Gasteiger partial charge in [-0.05, 0) is 48.4 Å². The maximum absolute atomic E-state index is 13.3. The zero-order chi connectivity index (χ0) is 19.8. The Morgan fingerprint density at radius 1 is 1.25 bits per heavy atom. The number of rotatable bonds is 5. The van der Waals surface area contributed by atoms with Crippen LogP contribution in [0.25, 0.3) is 11.0 Å². The fourth-order valence-corrected chi connectivity index (χ4v) is 3.89. The van der Waals surface area contributed by atoms with Gasteiger partial charge in [-0.1, -0.05) is 22.9 Å². The smallest absolute Gasteiger partial charge is 0.290 e. The summed E-state index contributed by atoms with van der Waals surface area (Å²) in [7, 11) is 0. The van der Waals surface area contributed by atoms with Crippen molar-refractivity contribution in [3.63, 3.8) is 0 Å². The molecular weight excluding hydrogens is 424 g/mol. The van der Waals surface area contributed by atoms with E-state index < -0.39 is 23.5 Å². The molecule has 1 N–H and O–H groups in total. The lowest BCUT2D eigenvalue weighted by Crippen LogP contribution is -2.31. The number of ketones is 1. The number of hydrogen-bond acceptors (Lipinski definition) is 5. The summed E-state index contributed by atoms with van der Waals surface area (Å²) in [4.78, 5) is 31.4. The molecule has 0 saturated heterocycles. The molecule has 3 heterocycles. The number of fused-ring (bicyclic) bond motifs is 1. The van der Waals surface area contributed by atoms with Crippen LogP contribution in [0.2, 0.25) is 0 Å². The lowest BCUT2D eigenvalue weighted by molar-refractivity contribution is -0.129. The summed E-state index contributed by atoms with van der Waals surface area (Å²) in [5, 5.41) is 11.3. The SMILES string of the molecule is CCCN1C(=O)C(O)=C(C(=O)c2cc3cc(Br)ccc3o2)C1c1ccncc1. The van der Waals surface area contributed by atoms with E-state index in [-0.39, 0.29) is 11.3 Å². The van der Waals surface area contributed by atoms with Gasteiger partial charge < -0.3 is 14.4 Å². The Morgan fingerprint density at radius 2 is 2.00 bits per heavy atom. The first-order valence-corrected chi connectivity index (χ1v) is 9.68. The number of carbonyl (C=O) groups excluding carboxylic acids is 2. The number of pyridine rings is 1. The minimum Gasteiger partial charge on any atom is -0.503 e. The fraction of sp³-hybridized carbons (Fsp3) is 0.190. The average Bonchev–Trinajstić information content (AvgIpc) is 3.22. The monoisotopic (exact) mass is 440 g/mol. The molecule has 1 aliphatic rings.